The number of unbranched alkanes of at least 4 members (excludes halogenated alkanes) is 3. The topological polar surface area (TPSA) is 57.5 Å². The lowest BCUT2D eigenvalue weighted by atomic mass is 10.1. The molecule has 0 unspecified atom stereocenters. The number of carboxylic acid groups (broad SMARTS) is 1. The summed E-state index contributed by atoms with van der Waals surface area (Å²) in [6.45, 7) is 2.16. The Morgan fingerprint density at radius 3 is 2.74 bits per heavy atom. The Hall–Kier alpha value is -1.27. The first-order valence-electron chi connectivity index (χ1n) is 9.16. The van der Waals surface area contributed by atoms with Crippen molar-refractivity contribution in [3.05, 3.63) is 12.2 Å². The highest BCUT2D eigenvalue weighted by Crippen LogP contribution is 2.44. The summed E-state index contributed by atoms with van der Waals surface area (Å²) >= 11 is 0. The van der Waals surface area contributed by atoms with Crippen LogP contribution in [0.1, 0.15) is 77.6 Å². The number of allylic oxidation sites excluding steroid dienone is 2. The van der Waals surface area contributed by atoms with E-state index in [0.29, 0.717) is 0 Å². The molecule has 23 heavy (non-hydrogen) atoms. The maximum Gasteiger partial charge on any atom is 0.303 e. The number of hydrogen-bond donors (Lipinski definition) is 2. The second-order valence-corrected chi connectivity index (χ2v) is 6.63. The zero-order valence-corrected chi connectivity index (χ0v) is 14.5. The lowest BCUT2D eigenvalue weighted by Crippen LogP contribution is -2.02. The van der Waals surface area contributed by atoms with Crippen molar-refractivity contribution < 1.29 is 15.0 Å². The van der Waals surface area contributed by atoms with Crippen molar-refractivity contribution in [2.45, 2.75) is 83.7 Å². The van der Waals surface area contributed by atoms with Gasteiger partial charge in [0, 0.05) is 12.8 Å². The maximum atomic E-state index is 10.4. The summed E-state index contributed by atoms with van der Waals surface area (Å²) in [5.74, 6) is 6.95. The summed E-state index contributed by atoms with van der Waals surface area (Å²) < 4.78 is 0. The van der Waals surface area contributed by atoms with E-state index in [-0.39, 0.29) is 6.42 Å². The smallest absolute Gasteiger partial charge is 0.303 e. The summed E-state index contributed by atoms with van der Waals surface area (Å²) in [6, 6.07) is 0. The van der Waals surface area contributed by atoms with Gasteiger partial charge in [0.05, 0.1) is 0 Å². The van der Waals surface area contributed by atoms with Gasteiger partial charge in [-0.15, -0.1) is 5.92 Å². The van der Waals surface area contributed by atoms with E-state index in [1.807, 2.05) is 0 Å². The van der Waals surface area contributed by atoms with Crippen LogP contribution in [0.5, 0.6) is 0 Å². The van der Waals surface area contributed by atoms with E-state index in [4.69, 9.17) is 5.11 Å². The number of aliphatic hydroxyl groups excluding tert-OH is 1. The Labute approximate surface area is 141 Å². The molecule has 0 radical (unpaired) electrons. The molecule has 1 aliphatic rings. The third-order valence-electron chi connectivity index (χ3n) is 4.42. The first kappa shape index (κ1) is 19.8. The van der Waals surface area contributed by atoms with Crippen LogP contribution in [0.25, 0.3) is 0 Å². The van der Waals surface area contributed by atoms with Crippen molar-refractivity contribution in [3.8, 4) is 11.8 Å². The van der Waals surface area contributed by atoms with Crippen molar-refractivity contribution >= 4 is 5.97 Å². The molecule has 0 heterocycles. The van der Waals surface area contributed by atoms with Crippen LogP contribution in [-0.2, 0) is 4.79 Å². The van der Waals surface area contributed by atoms with Gasteiger partial charge in [0.15, 0.2) is 0 Å². The molecular formula is C20H32O3. The highest BCUT2D eigenvalue weighted by Gasteiger charge is 2.34. The SMILES string of the molecule is CCCCC[C@H](O)C#CC[C@H]1C[C@H]1CC/C=C\CCCC(=O)O. The largest absolute Gasteiger partial charge is 0.481 e. The molecule has 0 bridgehead atoms. The molecule has 130 valence electrons. The van der Waals surface area contributed by atoms with Crippen molar-refractivity contribution in [3.63, 3.8) is 0 Å². The van der Waals surface area contributed by atoms with Crippen molar-refractivity contribution in [1.29, 1.82) is 0 Å². The number of carboxylic acids is 1. The first-order valence-corrected chi connectivity index (χ1v) is 9.16. The Morgan fingerprint density at radius 2 is 2.00 bits per heavy atom. The van der Waals surface area contributed by atoms with Crippen LogP contribution in [-0.4, -0.2) is 22.3 Å². The van der Waals surface area contributed by atoms with E-state index >= 15 is 0 Å². The lowest BCUT2D eigenvalue weighted by Gasteiger charge is -2.01. The number of carbonyl (C=O) groups is 1. The molecule has 3 nitrogen and oxygen atoms in total. The van der Waals surface area contributed by atoms with Gasteiger partial charge in [-0.2, -0.15) is 0 Å². The van der Waals surface area contributed by atoms with Crippen LogP contribution in [0, 0.1) is 23.7 Å². The number of aliphatic hydroxyl groups is 1. The van der Waals surface area contributed by atoms with Crippen LogP contribution in [0.15, 0.2) is 12.2 Å². The number of rotatable bonds is 12. The molecule has 1 saturated carbocycles. The van der Waals surface area contributed by atoms with E-state index in [9.17, 15) is 9.90 Å². The van der Waals surface area contributed by atoms with Gasteiger partial charge in [-0.25, -0.2) is 0 Å². The van der Waals surface area contributed by atoms with Crippen molar-refractivity contribution in [1.82, 2.24) is 0 Å². The Morgan fingerprint density at radius 1 is 1.22 bits per heavy atom. The molecule has 3 heteroatoms. The molecule has 3 atom stereocenters. The van der Waals surface area contributed by atoms with Gasteiger partial charge in [0.25, 0.3) is 0 Å². The second kappa shape index (κ2) is 12.2. The fourth-order valence-corrected chi connectivity index (χ4v) is 2.80. The van der Waals surface area contributed by atoms with Gasteiger partial charge in [0.2, 0.25) is 0 Å². The molecule has 1 aliphatic carbocycles. The molecule has 0 aromatic rings. The molecule has 0 aromatic carbocycles. The normalized spacial score (nSPS) is 21.0. The summed E-state index contributed by atoms with van der Waals surface area (Å²) in [5, 5.41) is 18.3. The third-order valence-corrected chi connectivity index (χ3v) is 4.42. The first-order chi connectivity index (χ1) is 11.1. The predicted molar refractivity (Wildman–Crippen MR) is 94.0 cm³/mol. The van der Waals surface area contributed by atoms with E-state index in [2.05, 4.69) is 30.9 Å². The van der Waals surface area contributed by atoms with Gasteiger partial charge in [-0.05, 0) is 56.8 Å². The van der Waals surface area contributed by atoms with Crippen LogP contribution in [0.4, 0.5) is 0 Å². The maximum absolute atomic E-state index is 10.4. The fourth-order valence-electron chi connectivity index (χ4n) is 2.80. The lowest BCUT2D eigenvalue weighted by molar-refractivity contribution is -0.137. The van der Waals surface area contributed by atoms with Crippen LogP contribution in [0.3, 0.4) is 0 Å². The highest BCUT2D eigenvalue weighted by atomic mass is 16.4. The zero-order valence-electron chi connectivity index (χ0n) is 14.5. The van der Waals surface area contributed by atoms with Gasteiger partial charge < -0.3 is 10.2 Å². The van der Waals surface area contributed by atoms with E-state index in [1.165, 1.54) is 25.7 Å². The minimum absolute atomic E-state index is 0.262. The molecule has 0 spiro atoms. The molecule has 0 saturated heterocycles. The number of aliphatic carboxylic acids is 1. The summed E-state index contributed by atoms with van der Waals surface area (Å²) in [6.07, 6.45) is 14.4. The molecule has 0 aromatic heterocycles. The monoisotopic (exact) mass is 320 g/mol. The minimum Gasteiger partial charge on any atom is -0.481 e. The van der Waals surface area contributed by atoms with Gasteiger partial charge in [-0.3, -0.25) is 4.79 Å². The second-order valence-electron chi connectivity index (χ2n) is 6.63. The zero-order chi connectivity index (χ0) is 16.9. The highest BCUT2D eigenvalue weighted by molar-refractivity contribution is 5.66. The van der Waals surface area contributed by atoms with Gasteiger partial charge >= 0.3 is 5.97 Å². The summed E-state index contributed by atoms with van der Waals surface area (Å²) in [5.41, 5.74) is 0. The minimum atomic E-state index is -0.712. The average molecular weight is 320 g/mol. The van der Waals surface area contributed by atoms with Crippen LogP contribution >= 0.6 is 0 Å². The van der Waals surface area contributed by atoms with E-state index < -0.39 is 12.1 Å². The fraction of sp³-hybridized carbons (Fsp3) is 0.750. The molecule has 0 aliphatic heterocycles. The third kappa shape index (κ3) is 11.0. The van der Waals surface area contributed by atoms with Crippen molar-refractivity contribution in [2.75, 3.05) is 0 Å². The molecule has 2 N–H and O–H groups in total. The Bertz CT molecular complexity index is 416. The molecule has 1 rings (SSSR count). The Kier molecular flexibility index (Phi) is 10.5. The number of hydrogen-bond acceptors (Lipinski definition) is 2. The van der Waals surface area contributed by atoms with E-state index in [1.54, 1.807) is 0 Å². The van der Waals surface area contributed by atoms with E-state index in [0.717, 1.165) is 50.4 Å². The molecule has 1 fully saturated rings. The predicted octanol–water partition coefficient (Wildman–Crippen LogP) is 4.55. The molecule has 0 amide bonds. The summed E-state index contributed by atoms with van der Waals surface area (Å²) in [7, 11) is 0. The van der Waals surface area contributed by atoms with Gasteiger partial charge in [-0.1, -0.05) is 37.8 Å². The van der Waals surface area contributed by atoms with Gasteiger partial charge in [0.1, 0.15) is 6.10 Å². The van der Waals surface area contributed by atoms with Crippen LogP contribution in [0.2, 0.25) is 0 Å². The van der Waals surface area contributed by atoms with Crippen molar-refractivity contribution in [2.24, 2.45) is 11.8 Å². The standard InChI is InChI=1S/C20H32O3/c1-2-3-7-13-19(21)14-10-12-18-16-17(18)11-8-5-4-6-9-15-20(22)23/h4-5,17-19,21H,2-3,6-9,11-13,15-16H2,1H3,(H,22,23)/b5-4-/t17-,18+,19+/m1/s1. The Balaban J connectivity index is 1.99. The van der Waals surface area contributed by atoms with Crippen LogP contribution < -0.4 is 0 Å². The quantitative estimate of drug-likeness (QED) is 0.315. The summed E-state index contributed by atoms with van der Waals surface area (Å²) in [4.78, 5) is 10.4. The molecular weight excluding hydrogens is 288 g/mol. The average Bonchev–Trinajstić information content (AvgIpc) is 3.24.